The van der Waals surface area contributed by atoms with Crippen molar-refractivity contribution in [2.75, 3.05) is 26.2 Å². The molecule has 78 valence electrons. The third-order valence-electron chi connectivity index (χ3n) is 2.44. The summed E-state index contributed by atoms with van der Waals surface area (Å²) >= 11 is 0. The van der Waals surface area contributed by atoms with E-state index in [-0.39, 0.29) is 0 Å². The molecule has 0 amide bonds. The predicted molar refractivity (Wildman–Crippen MR) is 53.9 cm³/mol. The van der Waals surface area contributed by atoms with Crippen LogP contribution in [-0.4, -0.2) is 46.3 Å². The Labute approximate surface area is 83.9 Å². The van der Waals surface area contributed by atoms with Gasteiger partial charge in [-0.25, -0.2) is 4.98 Å². The first-order chi connectivity index (χ1) is 6.84. The van der Waals surface area contributed by atoms with Gasteiger partial charge < -0.3 is 5.32 Å². The lowest BCUT2D eigenvalue weighted by Crippen LogP contribution is -2.28. The quantitative estimate of drug-likeness (QED) is 0.692. The Kier molecular flexibility index (Phi) is 3.10. The molecule has 1 aliphatic rings. The van der Waals surface area contributed by atoms with Gasteiger partial charge in [-0.15, -0.1) is 0 Å². The Bertz CT molecular complexity index is 274. The molecule has 5 nitrogen and oxygen atoms in total. The van der Waals surface area contributed by atoms with Gasteiger partial charge in [0.05, 0.1) is 6.54 Å². The van der Waals surface area contributed by atoms with Crippen molar-refractivity contribution in [2.24, 2.45) is 0 Å². The van der Waals surface area contributed by atoms with E-state index >= 15 is 0 Å². The van der Waals surface area contributed by atoms with Crippen molar-refractivity contribution >= 4 is 0 Å². The fourth-order valence-corrected chi connectivity index (χ4v) is 1.72. The van der Waals surface area contributed by atoms with Crippen LogP contribution in [-0.2, 0) is 6.54 Å². The molecule has 14 heavy (non-hydrogen) atoms. The first kappa shape index (κ1) is 9.61. The number of nitrogens with one attached hydrogen (secondary N) is 2. The second-order valence-electron chi connectivity index (χ2n) is 3.72. The number of rotatable bonds is 2. The molecule has 0 bridgehead atoms. The molecule has 1 fully saturated rings. The molecule has 0 radical (unpaired) electrons. The van der Waals surface area contributed by atoms with Gasteiger partial charge >= 0.3 is 0 Å². The standard InChI is InChI=1S/C9H17N5/c1-8-11-9(13-12-8)7-14-5-2-3-10-4-6-14/h10H,2-7H2,1H3,(H,11,12,13). The summed E-state index contributed by atoms with van der Waals surface area (Å²) in [5, 5.41) is 10.4. The van der Waals surface area contributed by atoms with E-state index in [1.54, 1.807) is 0 Å². The molecule has 0 aliphatic carbocycles. The largest absolute Gasteiger partial charge is 0.315 e. The zero-order valence-electron chi connectivity index (χ0n) is 8.58. The zero-order valence-corrected chi connectivity index (χ0v) is 8.58. The molecule has 0 unspecified atom stereocenters. The second kappa shape index (κ2) is 4.52. The minimum atomic E-state index is 0.867. The third-order valence-corrected chi connectivity index (χ3v) is 2.44. The number of aryl methyl sites for hydroxylation is 1. The normalized spacial score (nSPS) is 19.5. The summed E-state index contributed by atoms with van der Waals surface area (Å²) in [7, 11) is 0. The number of hydrogen-bond donors (Lipinski definition) is 2. The highest BCUT2D eigenvalue weighted by atomic mass is 15.3. The van der Waals surface area contributed by atoms with Gasteiger partial charge in [0, 0.05) is 13.1 Å². The average molecular weight is 195 g/mol. The van der Waals surface area contributed by atoms with Crippen molar-refractivity contribution in [3.63, 3.8) is 0 Å². The van der Waals surface area contributed by atoms with Gasteiger partial charge in [0.25, 0.3) is 0 Å². The average Bonchev–Trinajstić information content (AvgIpc) is 2.43. The van der Waals surface area contributed by atoms with E-state index in [0.717, 1.165) is 44.4 Å². The molecule has 2 N–H and O–H groups in total. The van der Waals surface area contributed by atoms with Crippen molar-refractivity contribution in [1.82, 2.24) is 25.4 Å². The monoisotopic (exact) mass is 195 g/mol. The fraction of sp³-hybridized carbons (Fsp3) is 0.778. The van der Waals surface area contributed by atoms with Gasteiger partial charge in [0.15, 0.2) is 5.82 Å². The van der Waals surface area contributed by atoms with Gasteiger partial charge in [-0.2, -0.15) is 5.10 Å². The van der Waals surface area contributed by atoms with Crippen LogP contribution in [0.25, 0.3) is 0 Å². The van der Waals surface area contributed by atoms with E-state index in [1.807, 2.05) is 6.92 Å². The van der Waals surface area contributed by atoms with E-state index in [1.165, 1.54) is 6.42 Å². The summed E-state index contributed by atoms with van der Waals surface area (Å²) in [4.78, 5) is 6.70. The van der Waals surface area contributed by atoms with Gasteiger partial charge in [-0.05, 0) is 26.4 Å². The molecule has 0 spiro atoms. The lowest BCUT2D eigenvalue weighted by atomic mass is 10.4. The summed E-state index contributed by atoms with van der Waals surface area (Å²) in [6.45, 7) is 7.23. The van der Waals surface area contributed by atoms with Crippen LogP contribution in [0, 0.1) is 6.92 Å². The minimum absolute atomic E-state index is 0.867. The zero-order chi connectivity index (χ0) is 9.80. The molecule has 1 aliphatic heterocycles. The molecule has 1 aromatic heterocycles. The number of nitrogens with zero attached hydrogens (tertiary/aromatic N) is 3. The van der Waals surface area contributed by atoms with E-state index in [0.29, 0.717) is 0 Å². The maximum atomic E-state index is 4.31. The molecular formula is C9H17N5. The highest BCUT2D eigenvalue weighted by Crippen LogP contribution is 2.01. The topological polar surface area (TPSA) is 56.8 Å². The SMILES string of the molecule is Cc1nc(CN2CCCNCC2)n[nH]1. The molecule has 0 saturated carbocycles. The van der Waals surface area contributed by atoms with Crippen LogP contribution < -0.4 is 5.32 Å². The highest BCUT2D eigenvalue weighted by molar-refractivity contribution is 4.87. The van der Waals surface area contributed by atoms with Crippen molar-refractivity contribution < 1.29 is 0 Å². The fourth-order valence-electron chi connectivity index (χ4n) is 1.72. The summed E-state index contributed by atoms with van der Waals surface area (Å²) < 4.78 is 0. The lowest BCUT2D eigenvalue weighted by molar-refractivity contribution is 0.277. The second-order valence-corrected chi connectivity index (χ2v) is 3.72. The smallest absolute Gasteiger partial charge is 0.164 e. The van der Waals surface area contributed by atoms with Crippen molar-refractivity contribution in [3.05, 3.63) is 11.6 Å². The number of H-pyrrole nitrogens is 1. The van der Waals surface area contributed by atoms with Gasteiger partial charge in [-0.3, -0.25) is 10.00 Å². The van der Waals surface area contributed by atoms with Crippen LogP contribution in [0.3, 0.4) is 0 Å². The van der Waals surface area contributed by atoms with Crippen LogP contribution in [0.2, 0.25) is 0 Å². The van der Waals surface area contributed by atoms with Gasteiger partial charge in [-0.1, -0.05) is 0 Å². The van der Waals surface area contributed by atoms with Crippen molar-refractivity contribution in [2.45, 2.75) is 19.9 Å². The third kappa shape index (κ3) is 2.52. The number of aromatic amines is 1. The molecule has 1 saturated heterocycles. The summed E-state index contributed by atoms with van der Waals surface area (Å²) in [5.74, 6) is 1.80. The first-order valence-corrected chi connectivity index (χ1v) is 5.15. The Balaban J connectivity index is 1.89. The lowest BCUT2D eigenvalue weighted by Gasteiger charge is -2.16. The molecule has 2 heterocycles. The molecule has 0 aromatic carbocycles. The molecular weight excluding hydrogens is 178 g/mol. The maximum Gasteiger partial charge on any atom is 0.164 e. The van der Waals surface area contributed by atoms with Crippen LogP contribution >= 0.6 is 0 Å². The van der Waals surface area contributed by atoms with Gasteiger partial charge in [0.1, 0.15) is 5.82 Å². The van der Waals surface area contributed by atoms with Crippen LogP contribution in [0.1, 0.15) is 18.1 Å². The van der Waals surface area contributed by atoms with E-state index in [9.17, 15) is 0 Å². The minimum Gasteiger partial charge on any atom is -0.315 e. The van der Waals surface area contributed by atoms with E-state index < -0.39 is 0 Å². The molecule has 5 heteroatoms. The van der Waals surface area contributed by atoms with Crippen LogP contribution in [0.4, 0.5) is 0 Å². The Hall–Kier alpha value is -0.940. The molecule has 0 atom stereocenters. The Morgan fingerprint density at radius 1 is 1.36 bits per heavy atom. The van der Waals surface area contributed by atoms with E-state index in [4.69, 9.17) is 0 Å². The van der Waals surface area contributed by atoms with Crippen LogP contribution in [0.15, 0.2) is 0 Å². The van der Waals surface area contributed by atoms with E-state index in [2.05, 4.69) is 25.4 Å². The van der Waals surface area contributed by atoms with Crippen molar-refractivity contribution in [3.8, 4) is 0 Å². The highest BCUT2D eigenvalue weighted by Gasteiger charge is 2.10. The Morgan fingerprint density at radius 2 is 2.29 bits per heavy atom. The van der Waals surface area contributed by atoms with Gasteiger partial charge in [0.2, 0.25) is 0 Å². The predicted octanol–water partition coefficient (Wildman–Crippen LogP) is -0.0916. The van der Waals surface area contributed by atoms with Crippen molar-refractivity contribution in [1.29, 1.82) is 0 Å². The number of hydrogen-bond acceptors (Lipinski definition) is 4. The summed E-state index contributed by atoms with van der Waals surface area (Å²) in [6.07, 6.45) is 1.21. The molecule has 2 rings (SSSR count). The van der Waals surface area contributed by atoms with Crippen LogP contribution in [0.5, 0.6) is 0 Å². The number of aromatic nitrogens is 3. The summed E-state index contributed by atoms with van der Waals surface area (Å²) in [5.41, 5.74) is 0. The first-order valence-electron chi connectivity index (χ1n) is 5.15. The Morgan fingerprint density at radius 3 is 3.07 bits per heavy atom. The molecule has 1 aromatic rings. The summed E-state index contributed by atoms with van der Waals surface area (Å²) in [6, 6.07) is 0. The maximum absolute atomic E-state index is 4.31.